The first-order valence-corrected chi connectivity index (χ1v) is 12.5. The van der Waals surface area contributed by atoms with Crippen LogP contribution in [0.25, 0.3) is 11.1 Å². The van der Waals surface area contributed by atoms with Crippen molar-refractivity contribution in [3.8, 4) is 28.4 Å². The van der Waals surface area contributed by atoms with E-state index in [1.54, 1.807) is 6.07 Å². The second-order valence-electron chi connectivity index (χ2n) is 8.56. The highest BCUT2D eigenvalue weighted by atomic mass is 16.5. The molecular weight excluding hydrogens is 422 g/mol. The number of phenolic OH excluding ortho intramolecular Hbond substituents is 1. The summed E-state index contributed by atoms with van der Waals surface area (Å²) in [5.41, 5.74) is 4.30. The van der Waals surface area contributed by atoms with Gasteiger partial charge in [0.15, 0.2) is 0 Å². The molecular formula is C30H37NO3. The summed E-state index contributed by atoms with van der Waals surface area (Å²) in [7, 11) is 0. The quantitative estimate of drug-likeness (QED) is 0.206. The van der Waals surface area contributed by atoms with E-state index in [-0.39, 0.29) is 5.75 Å². The molecule has 0 spiro atoms. The van der Waals surface area contributed by atoms with Crippen molar-refractivity contribution in [2.45, 2.75) is 59.3 Å². The van der Waals surface area contributed by atoms with Gasteiger partial charge in [0.1, 0.15) is 17.2 Å². The van der Waals surface area contributed by atoms with Crippen molar-refractivity contribution in [2.75, 3.05) is 13.2 Å². The Labute approximate surface area is 204 Å². The molecule has 0 amide bonds. The largest absolute Gasteiger partial charge is 0.507 e. The summed E-state index contributed by atoms with van der Waals surface area (Å²) < 4.78 is 11.5. The maximum absolute atomic E-state index is 10.7. The summed E-state index contributed by atoms with van der Waals surface area (Å²) in [4.78, 5) is 4.69. The van der Waals surface area contributed by atoms with Crippen LogP contribution in [0.1, 0.15) is 64.9 Å². The van der Waals surface area contributed by atoms with Gasteiger partial charge in [0, 0.05) is 11.3 Å². The van der Waals surface area contributed by atoms with Crippen LogP contribution in [0.4, 0.5) is 5.69 Å². The summed E-state index contributed by atoms with van der Waals surface area (Å²) in [5, 5.41) is 10.7. The number of nitrogens with zero attached hydrogens (tertiary/aromatic N) is 1. The highest BCUT2D eigenvalue weighted by Gasteiger charge is 2.08. The molecule has 0 heterocycles. The Balaban J connectivity index is 1.62. The van der Waals surface area contributed by atoms with Gasteiger partial charge in [-0.1, -0.05) is 57.7 Å². The number of hydrogen-bond donors (Lipinski definition) is 1. The predicted octanol–water partition coefficient (Wildman–Crippen LogP) is 8.34. The molecule has 34 heavy (non-hydrogen) atoms. The molecule has 3 aromatic carbocycles. The zero-order valence-corrected chi connectivity index (χ0v) is 20.7. The first kappa shape index (κ1) is 25.4. The van der Waals surface area contributed by atoms with Crippen molar-refractivity contribution in [1.82, 2.24) is 0 Å². The van der Waals surface area contributed by atoms with E-state index in [1.165, 1.54) is 19.3 Å². The molecule has 0 aliphatic rings. The lowest BCUT2D eigenvalue weighted by Gasteiger charge is -2.10. The number of aromatic hydroxyl groups is 1. The molecule has 1 N–H and O–H groups in total. The number of hydrogen-bond acceptors (Lipinski definition) is 4. The lowest BCUT2D eigenvalue weighted by Crippen LogP contribution is -1.97. The average Bonchev–Trinajstić information content (AvgIpc) is 2.85. The van der Waals surface area contributed by atoms with E-state index in [0.717, 1.165) is 72.1 Å². The molecule has 0 aliphatic carbocycles. The van der Waals surface area contributed by atoms with E-state index in [1.807, 2.05) is 67.6 Å². The van der Waals surface area contributed by atoms with E-state index < -0.39 is 0 Å². The molecule has 0 unspecified atom stereocenters. The van der Waals surface area contributed by atoms with Gasteiger partial charge >= 0.3 is 0 Å². The van der Waals surface area contributed by atoms with Crippen LogP contribution in [-0.4, -0.2) is 24.0 Å². The molecule has 4 heteroatoms. The van der Waals surface area contributed by atoms with Gasteiger partial charge in [-0.05, 0) is 79.4 Å². The molecule has 0 saturated carbocycles. The molecule has 0 saturated heterocycles. The van der Waals surface area contributed by atoms with Crippen LogP contribution in [-0.2, 0) is 0 Å². The van der Waals surface area contributed by atoms with Gasteiger partial charge < -0.3 is 14.6 Å². The summed E-state index contributed by atoms with van der Waals surface area (Å²) in [6.45, 7) is 7.75. The third-order valence-corrected chi connectivity index (χ3v) is 5.74. The summed E-state index contributed by atoms with van der Waals surface area (Å²) in [6, 6.07) is 21.5. The zero-order chi connectivity index (χ0) is 24.2. The van der Waals surface area contributed by atoms with Crippen molar-refractivity contribution in [3.05, 3.63) is 72.3 Å². The van der Waals surface area contributed by atoms with Crippen LogP contribution < -0.4 is 9.47 Å². The van der Waals surface area contributed by atoms with Crippen molar-refractivity contribution >= 4 is 11.4 Å². The average molecular weight is 460 g/mol. The standard InChI is InChI=1S/C30H37NO3/c1-4-6-8-9-21-34-28-17-13-26(14-18-28)31-23(3)29-19-12-25(22-30(29)32)24-10-15-27(16-11-24)33-20-7-5-2/h10-19,22,32H,4-9,20-21H2,1-3H3. The van der Waals surface area contributed by atoms with Crippen molar-refractivity contribution in [3.63, 3.8) is 0 Å². The van der Waals surface area contributed by atoms with E-state index in [2.05, 4.69) is 18.8 Å². The summed E-state index contributed by atoms with van der Waals surface area (Å²) in [6.07, 6.45) is 6.94. The van der Waals surface area contributed by atoms with E-state index in [9.17, 15) is 5.11 Å². The molecule has 0 aliphatic heterocycles. The summed E-state index contributed by atoms with van der Waals surface area (Å²) in [5.74, 6) is 1.95. The topological polar surface area (TPSA) is 51.0 Å². The second kappa shape index (κ2) is 13.4. The van der Waals surface area contributed by atoms with Crippen LogP contribution in [0, 0.1) is 0 Å². The molecule has 4 nitrogen and oxygen atoms in total. The van der Waals surface area contributed by atoms with E-state index >= 15 is 0 Å². The minimum absolute atomic E-state index is 0.217. The van der Waals surface area contributed by atoms with Gasteiger partial charge in [0.2, 0.25) is 0 Å². The van der Waals surface area contributed by atoms with E-state index in [4.69, 9.17) is 9.47 Å². The zero-order valence-electron chi connectivity index (χ0n) is 20.7. The van der Waals surface area contributed by atoms with Crippen molar-refractivity contribution in [1.29, 1.82) is 0 Å². The fraction of sp³-hybridized carbons (Fsp3) is 0.367. The van der Waals surface area contributed by atoms with Crippen LogP contribution in [0.2, 0.25) is 0 Å². The van der Waals surface area contributed by atoms with Crippen LogP contribution in [0.5, 0.6) is 17.2 Å². The third kappa shape index (κ3) is 7.65. The number of phenols is 1. The van der Waals surface area contributed by atoms with Gasteiger partial charge in [-0.25, -0.2) is 0 Å². The number of benzene rings is 3. The Bertz CT molecular complexity index is 1040. The second-order valence-corrected chi connectivity index (χ2v) is 8.56. The van der Waals surface area contributed by atoms with Gasteiger partial charge in [-0.2, -0.15) is 0 Å². The van der Waals surface area contributed by atoms with Gasteiger partial charge in [-0.15, -0.1) is 0 Å². The Kier molecular flexibility index (Phi) is 10.0. The van der Waals surface area contributed by atoms with Crippen LogP contribution in [0.15, 0.2) is 71.7 Å². The maximum Gasteiger partial charge on any atom is 0.125 e. The first-order chi connectivity index (χ1) is 16.6. The predicted molar refractivity (Wildman–Crippen MR) is 142 cm³/mol. The highest BCUT2D eigenvalue weighted by molar-refractivity contribution is 6.02. The van der Waals surface area contributed by atoms with Gasteiger partial charge in [0.05, 0.1) is 18.9 Å². The lowest BCUT2D eigenvalue weighted by molar-refractivity contribution is 0.305. The molecule has 0 bridgehead atoms. The minimum atomic E-state index is 0.217. The molecule has 3 aromatic rings. The Morgan fingerprint density at radius 3 is 1.91 bits per heavy atom. The fourth-order valence-electron chi connectivity index (χ4n) is 3.68. The lowest BCUT2D eigenvalue weighted by atomic mass is 10.0. The molecule has 0 fully saturated rings. The van der Waals surface area contributed by atoms with E-state index in [0.29, 0.717) is 0 Å². The number of aliphatic imine (C=N–C) groups is 1. The molecule has 0 radical (unpaired) electrons. The number of unbranched alkanes of at least 4 members (excludes halogenated alkanes) is 4. The normalized spacial score (nSPS) is 11.4. The van der Waals surface area contributed by atoms with Gasteiger partial charge in [0.25, 0.3) is 0 Å². The Morgan fingerprint density at radius 1 is 0.706 bits per heavy atom. The molecule has 0 atom stereocenters. The Morgan fingerprint density at radius 2 is 1.29 bits per heavy atom. The van der Waals surface area contributed by atoms with Crippen molar-refractivity contribution in [2.24, 2.45) is 4.99 Å². The Hall–Kier alpha value is -3.27. The third-order valence-electron chi connectivity index (χ3n) is 5.74. The maximum atomic E-state index is 10.7. The minimum Gasteiger partial charge on any atom is -0.507 e. The molecule has 0 aromatic heterocycles. The summed E-state index contributed by atoms with van der Waals surface area (Å²) >= 11 is 0. The SMILES string of the molecule is CCCCCCOc1ccc(N=C(C)c2ccc(-c3ccc(OCCCC)cc3)cc2O)cc1. The number of rotatable bonds is 13. The number of ether oxygens (including phenoxy) is 2. The molecule has 3 rings (SSSR count). The molecule has 180 valence electrons. The smallest absolute Gasteiger partial charge is 0.125 e. The monoisotopic (exact) mass is 459 g/mol. The van der Waals surface area contributed by atoms with Crippen LogP contribution >= 0.6 is 0 Å². The fourth-order valence-corrected chi connectivity index (χ4v) is 3.68. The van der Waals surface area contributed by atoms with Crippen LogP contribution in [0.3, 0.4) is 0 Å². The highest BCUT2D eigenvalue weighted by Crippen LogP contribution is 2.29. The van der Waals surface area contributed by atoms with Gasteiger partial charge in [-0.3, -0.25) is 4.99 Å². The van der Waals surface area contributed by atoms with Crippen molar-refractivity contribution < 1.29 is 14.6 Å². The first-order valence-electron chi connectivity index (χ1n) is 12.5.